The number of likely N-dealkylation sites (N-methyl/N-ethyl adjacent to an activating group) is 4. The number of rotatable bonds is 24. The minimum Gasteiger partial charge on any atom is -0.508 e. The molecule has 23 nitrogen and oxygen atoms in total. The van der Waals surface area contributed by atoms with E-state index in [1.807, 2.05) is 228 Å². The van der Waals surface area contributed by atoms with Gasteiger partial charge in [0.15, 0.2) is 16.3 Å². The molecule has 132 heavy (non-hydrogen) atoms. The lowest BCUT2D eigenvalue weighted by Gasteiger charge is -2.37. The number of fused-ring (bicyclic) bond motifs is 12. The summed E-state index contributed by atoms with van der Waals surface area (Å²) < 4.78 is 34.6. The molecular weight excluding hydrogens is 1730 g/mol. The van der Waals surface area contributed by atoms with E-state index < -0.39 is 80.4 Å². The van der Waals surface area contributed by atoms with Gasteiger partial charge in [0.2, 0.25) is 5.91 Å². The molecule has 16 rings (SSSR count). The average Bonchev–Trinajstić information content (AvgIpc) is 1.52. The quantitative estimate of drug-likeness (QED) is 0.0213. The van der Waals surface area contributed by atoms with E-state index in [0.29, 0.717) is 68.6 Å². The van der Waals surface area contributed by atoms with Crippen LogP contribution in [0.5, 0.6) is 34.5 Å². The van der Waals surface area contributed by atoms with Gasteiger partial charge in [-0.15, -0.1) is 23.5 Å². The number of hydrogen-bond donors (Lipinski definition) is 5. The third-order valence-electron chi connectivity index (χ3n) is 22.7. The minimum absolute atomic E-state index is 0.0849. The first-order chi connectivity index (χ1) is 63.4. The lowest BCUT2D eigenvalue weighted by Crippen LogP contribution is -2.49. The summed E-state index contributed by atoms with van der Waals surface area (Å²) in [6.07, 6.45) is -1.13. The SMILES string of the molecule is CC.CCC(=O)SC[C@@H](C(=O)NC)N(C)C(=O)Oc1ccc2c(c1)Oc1cc(N(C)C)ccc1C21OC(=O)c2ccccc21.CN(C(=O)OC(C)(C)C)C(CSC(c1ccccc1)(c1ccccc1)c1ccccc1)C(=O)O.CN(C)c1ccc2c(c1)Oc1cc(O)ccc1C21OC(=O)c2ccccc21.CNC(CSC(c1ccccc1)(c1ccccc1)c1ccccc1)C(=O)O. The zero-order chi connectivity index (χ0) is 94.8. The van der Waals surface area contributed by atoms with Crippen molar-refractivity contribution < 1.29 is 82.1 Å². The van der Waals surface area contributed by atoms with E-state index >= 15 is 0 Å². The number of phenolic OH excluding ortho intramolecular Hbond substituents is 1. The fourth-order valence-electron chi connectivity index (χ4n) is 16.1. The summed E-state index contributed by atoms with van der Waals surface area (Å²) in [7, 11) is 13.8. The molecule has 0 aromatic heterocycles. The Balaban J connectivity index is 0.000000160. The first-order valence-electron chi connectivity index (χ1n) is 43.1. The molecule has 12 aromatic rings. The van der Waals surface area contributed by atoms with Crippen LogP contribution < -0.4 is 34.6 Å². The van der Waals surface area contributed by atoms with Crippen molar-refractivity contribution in [3.8, 4) is 34.5 Å². The van der Waals surface area contributed by atoms with E-state index in [1.165, 1.54) is 37.8 Å². The van der Waals surface area contributed by atoms with Gasteiger partial charge in [-0.1, -0.05) is 251 Å². The molecule has 3 amide bonds. The third kappa shape index (κ3) is 20.5. The highest BCUT2D eigenvalue weighted by molar-refractivity contribution is 8.13. The number of phenols is 1. The number of aromatic hydroxyl groups is 1. The highest BCUT2D eigenvalue weighted by atomic mass is 32.2. The van der Waals surface area contributed by atoms with Crippen molar-refractivity contribution in [2.75, 3.05) is 83.4 Å². The molecule has 12 aromatic carbocycles. The molecule has 26 heteroatoms. The topological polar surface area (TPSA) is 290 Å². The number of carboxylic acids is 2. The van der Waals surface area contributed by atoms with Crippen LogP contribution in [0.15, 0.2) is 303 Å². The van der Waals surface area contributed by atoms with Gasteiger partial charge in [-0.25, -0.2) is 24.0 Å². The summed E-state index contributed by atoms with van der Waals surface area (Å²) in [4.78, 5) is 106. The van der Waals surface area contributed by atoms with Crippen molar-refractivity contribution in [2.45, 2.75) is 92.4 Å². The van der Waals surface area contributed by atoms with E-state index in [-0.39, 0.29) is 34.1 Å². The van der Waals surface area contributed by atoms with Crippen molar-refractivity contribution in [3.05, 3.63) is 381 Å². The van der Waals surface area contributed by atoms with Gasteiger partial charge in [-0.2, -0.15) is 0 Å². The fourth-order valence-corrected chi connectivity index (χ4v) is 20.3. The largest absolute Gasteiger partial charge is 0.508 e. The number of thioether (sulfide) groups is 3. The Morgan fingerprint density at radius 1 is 0.424 bits per heavy atom. The average molecular weight is 1830 g/mol. The Labute approximate surface area is 782 Å². The summed E-state index contributed by atoms with van der Waals surface area (Å²) in [6.45, 7) is 11.0. The van der Waals surface area contributed by atoms with Gasteiger partial charge in [-0.3, -0.25) is 24.2 Å². The predicted molar refractivity (Wildman–Crippen MR) is 520 cm³/mol. The van der Waals surface area contributed by atoms with Crippen LogP contribution in [0.2, 0.25) is 0 Å². The number of ether oxygens (including phenoxy) is 6. The summed E-state index contributed by atoms with van der Waals surface area (Å²) >= 11 is 4.13. The molecule has 0 radical (unpaired) electrons. The van der Waals surface area contributed by atoms with E-state index in [0.717, 1.165) is 72.5 Å². The zero-order valence-corrected chi connectivity index (χ0v) is 78.4. The Bertz CT molecular complexity index is 5900. The normalized spacial score (nSPS) is 15.0. The number of amides is 3. The lowest BCUT2D eigenvalue weighted by molar-refractivity contribution is -0.142. The van der Waals surface area contributed by atoms with E-state index in [1.54, 1.807) is 101 Å². The van der Waals surface area contributed by atoms with Gasteiger partial charge in [0.1, 0.15) is 58.2 Å². The molecule has 4 aliphatic heterocycles. The number of carbonyl (C=O) groups is 8. The Hall–Kier alpha value is -13.8. The summed E-state index contributed by atoms with van der Waals surface area (Å²) in [6, 6.07) is 94.3. The van der Waals surface area contributed by atoms with Crippen molar-refractivity contribution in [1.82, 2.24) is 20.4 Å². The number of benzene rings is 12. The van der Waals surface area contributed by atoms with Gasteiger partial charge in [-0.05, 0) is 122 Å². The molecular formula is C106H108N6O17S3. The van der Waals surface area contributed by atoms with Crippen LogP contribution in [0.25, 0.3) is 0 Å². The number of nitrogens with zero attached hydrogens (tertiary/aromatic N) is 4. The second kappa shape index (κ2) is 42.8. The molecule has 4 heterocycles. The molecule has 682 valence electrons. The standard InChI is InChI=1S/C31H31N3O7S.C28H31NO4S.C23H23NO2S.C22H17NO4.C2H6/c1-6-27(35)42-17-24(28(36)32-2)34(5)30(38)39-19-12-14-23-26(16-19)40-25-15-18(33(3)4)11-13-22(25)31(23)21-10-8-7-9-20(21)29(37)41-31;1-27(2,3)33-26(32)29(4)24(25(30)31)20-34-28(21-14-8-5-9-15-21,22-16-10-6-11-17-22)23-18-12-7-13-19-23;1-24-21(22(25)26)17-27-23(18-11-5-2-6-12-18,19-13-7-3-8-14-19)20-15-9-4-10-16-20;1-23(2)13-7-9-17-19(11-13)26-20-12-14(24)8-10-18(20)22(17)16-6-4-3-5-15(16)21(25)27-22;1-2/h7-16,24H,6,17H2,1-5H3,(H,32,36);5-19,24H,20H2,1-4H3,(H,30,31);2-16,21,24H,17H2,1H3,(H,25,26);3-12,24H,1-2H3;1-2H3/t24-,31?;;;;/m0..../s1. The highest BCUT2D eigenvalue weighted by Crippen LogP contribution is 2.60. The molecule has 0 bridgehead atoms. The summed E-state index contributed by atoms with van der Waals surface area (Å²) in [5.41, 5.74) is 10.5. The van der Waals surface area contributed by atoms with Gasteiger partial charge in [0.25, 0.3) is 0 Å². The Kier molecular flexibility index (Phi) is 31.6. The van der Waals surface area contributed by atoms with Crippen LogP contribution in [0.3, 0.4) is 0 Å². The second-order valence-corrected chi connectivity index (χ2v) is 35.9. The van der Waals surface area contributed by atoms with Crippen LogP contribution >= 0.6 is 35.3 Å². The van der Waals surface area contributed by atoms with E-state index in [4.69, 9.17) is 28.4 Å². The van der Waals surface area contributed by atoms with Crippen molar-refractivity contribution in [1.29, 1.82) is 0 Å². The minimum atomic E-state index is -1.26. The lowest BCUT2D eigenvalue weighted by atomic mass is 9.77. The first kappa shape index (κ1) is 97.3. The zero-order valence-electron chi connectivity index (χ0n) is 76.0. The molecule has 4 aliphatic rings. The molecule has 0 aliphatic carbocycles. The maximum Gasteiger partial charge on any atom is 0.415 e. The number of carbonyl (C=O) groups excluding carboxylic acids is 6. The number of anilines is 2. The number of carboxylic acid groups (broad SMARTS) is 2. The molecule has 0 saturated carbocycles. The molecule has 5 N–H and O–H groups in total. The highest BCUT2D eigenvalue weighted by Gasteiger charge is 2.56. The van der Waals surface area contributed by atoms with E-state index in [9.17, 15) is 53.7 Å². The number of hydrogen-bond acceptors (Lipinski definition) is 21. The van der Waals surface area contributed by atoms with Crippen LogP contribution in [-0.2, 0) is 54.1 Å². The smallest absolute Gasteiger partial charge is 0.415 e. The van der Waals surface area contributed by atoms with E-state index in [2.05, 4.69) is 83.4 Å². The van der Waals surface area contributed by atoms with Crippen LogP contribution in [0.1, 0.15) is 135 Å². The maximum atomic E-state index is 13.1. The summed E-state index contributed by atoms with van der Waals surface area (Å²) in [5.74, 6) is -0.295. The first-order valence-corrected chi connectivity index (χ1v) is 46.0. The molecule has 0 fully saturated rings. The monoisotopic (exact) mass is 1830 g/mol. The van der Waals surface area contributed by atoms with Gasteiger partial charge in [0, 0.05) is 142 Å². The fraction of sp³-hybridized carbons (Fsp3) is 0.245. The molecule has 2 spiro atoms. The molecule has 4 unspecified atom stereocenters. The Morgan fingerprint density at radius 2 is 0.780 bits per heavy atom. The third-order valence-corrected chi connectivity index (χ3v) is 27.0. The Morgan fingerprint density at radius 3 is 1.14 bits per heavy atom. The van der Waals surface area contributed by atoms with Gasteiger partial charge >= 0.3 is 36.1 Å². The predicted octanol–water partition coefficient (Wildman–Crippen LogP) is 20.0. The van der Waals surface area contributed by atoms with Crippen molar-refractivity contribution in [2.24, 2.45) is 0 Å². The van der Waals surface area contributed by atoms with Crippen LogP contribution in [-0.4, -0.2) is 170 Å². The van der Waals surface area contributed by atoms with Crippen LogP contribution in [0.4, 0.5) is 21.0 Å². The van der Waals surface area contributed by atoms with Crippen LogP contribution in [0, 0.1) is 0 Å². The number of esters is 2. The van der Waals surface area contributed by atoms with Gasteiger partial charge < -0.3 is 64.2 Å². The molecule has 5 atom stereocenters. The van der Waals surface area contributed by atoms with Gasteiger partial charge in [0.05, 0.1) is 20.6 Å². The summed E-state index contributed by atoms with van der Waals surface area (Å²) in [5, 5.41) is 34.9. The number of nitrogens with one attached hydrogen (secondary N) is 2. The van der Waals surface area contributed by atoms with Crippen molar-refractivity contribution >= 4 is 93.7 Å². The maximum absolute atomic E-state index is 13.1. The second-order valence-electron chi connectivity index (χ2n) is 32.4. The van der Waals surface area contributed by atoms with Crippen molar-refractivity contribution in [3.63, 3.8) is 0 Å². The molecule has 0 saturated heterocycles. The number of aliphatic carboxylic acids is 2.